The lowest BCUT2D eigenvalue weighted by molar-refractivity contribution is 0.0984. The van der Waals surface area contributed by atoms with E-state index in [2.05, 4.69) is 0 Å². The van der Waals surface area contributed by atoms with Gasteiger partial charge in [0.05, 0.1) is 11.6 Å². The number of hydrogen-bond acceptors (Lipinski definition) is 3. The van der Waals surface area contributed by atoms with Crippen molar-refractivity contribution < 1.29 is 9.18 Å². The zero-order chi connectivity index (χ0) is 11.3. The maximum atomic E-state index is 12.9. The largest absolute Gasteiger partial charge is 0.294 e. The molecule has 0 heterocycles. The summed E-state index contributed by atoms with van der Waals surface area (Å²) in [5, 5.41) is 16.8. The summed E-state index contributed by atoms with van der Waals surface area (Å²) in [5.41, 5.74) is 0.112. The topological polar surface area (TPSA) is 64.7 Å². The van der Waals surface area contributed by atoms with E-state index in [9.17, 15) is 9.18 Å². The quantitative estimate of drug-likeness (QED) is 0.705. The van der Waals surface area contributed by atoms with Crippen LogP contribution in [-0.4, -0.2) is 5.78 Å². The van der Waals surface area contributed by atoms with Gasteiger partial charge in [0, 0.05) is 18.4 Å². The average Bonchev–Trinajstić information content (AvgIpc) is 2.26. The Morgan fingerprint density at radius 2 is 2.13 bits per heavy atom. The Morgan fingerprint density at radius 3 is 2.73 bits per heavy atom. The molecule has 1 aromatic carbocycles. The molecule has 0 aromatic heterocycles. The molecule has 74 valence electrons. The molecule has 3 nitrogen and oxygen atoms in total. The first-order valence-corrected chi connectivity index (χ1v) is 4.29. The van der Waals surface area contributed by atoms with Crippen LogP contribution in [0.15, 0.2) is 18.2 Å². The highest BCUT2D eigenvalue weighted by molar-refractivity contribution is 5.96. The number of ketones is 1. The molecule has 0 N–H and O–H groups in total. The number of Topliss-reactive ketones (excluding diaryl/α,β-unsaturated/α-hetero) is 1. The van der Waals surface area contributed by atoms with Crippen LogP contribution in [0.25, 0.3) is 0 Å². The SMILES string of the molecule is N#CCCC(=O)c1ccc(F)c(C#N)c1. The van der Waals surface area contributed by atoms with E-state index in [1.165, 1.54) is 12.1 Å². The lowest BCUT2D eigenvalue weighted by Crippen LogP contribution is -1.99. The van der Waals surface area contributed by atoms with Gasteiger partial charge in [0.1, 0.15) is 11.9 Å². The fraction of sp³-hybridized carbons (Fsp3) is 0.182. The van der Waals surface area contributed by atoms with Gasteiger partial charge in [0.25, 0.3) is 0 Å². The smallest absolute Gasteiger partial charge is 0.163 e. The van der Waals surface area contributed by atoms with Gasteiger partial charge in [-0.15, -0.1) is 0 Å². The minimum absolute atomic E-state index is 0.0903. The van der Waals surface area contributed by atoms with Crippen molar-refractivity contribution in [1.82, 2.24) is 0 Å². The lowest BCUT2D eigenvalue weighted by atomic mass is 10.0. The predicted octanol–water partition coefficient (Wildman–Crippen LogP) is 2.18. The molecule has 0 bridgehead atoms. The maximum absolute atomic E-state index is 12.9. The first-order chi connectivity index (χ1) is 7.19. The van der Waals surface area contributed by atoms with Gasteiger partial charge in [-0.05, 0) is 18.2 Å². The second-order valence-electron chi connectivity index (χ2n) is 2.89. The summed E-state index contributed by atoms with van der Waals surface area (Å²) in [4.78, 5) is 11.4. The highest BCUT2D eigenvalue weighted by Crippen LogP contribution is 2.11. The van der Waals surface area contributed by atoms with Gasteiger partial charge in [0.2, 0.25) is 0 Å². The molecule has 0 amide bonds. The lowest BCUT2D eigenvalue weighted by Gasteiger charge is -1.99. The molecular weight excluding hydrogens is 195 g/mol. The number of carbonyl (C=O) groups excluding carboxylic acids is 1. The summed E-state index contributed by atoms with van der Waals surface area (Å²) in [6, 6.07) is 7.10. The maximum Gasteiger partial charge on any atom is 0.163 e. The van der Waals surface area contributed by atoms with Crippen LogP contribution in [0.4, 0.5) is 4.39 Å². The van der Waals surface area contributed by atoms with Crippen molar-refractivity contribution >= 4 is 5.78 Å². The van der Waals surface area contributed by atoms with Crippen LogP contribution in [0.1, 0.15) is 28.8 Å². The molecule has 4 heteroatoms. The van der Waals surface area contributed by atoms with Crippen molar-refractivity contribution in [3.8, 4) is 12.1 Å². The Kier molecular flexibility index (Phi) is 3.54. The first kappa shape index (κ1) is 10.9. The zero-order valence-corrected chi connectivity index (χ0v) is 7.83. The second-order valence-corrected chi connectivity index (χ2v) is 2.89. The normalized spacial score (nSPS) is 9.00. The number of nitriles is 2. The molecule has 0 saturated heterocycles. The summed E-state index contributed by atoms with van der Waals surface area (Å²) >= 11 is 0. The van der Waals surface area contributed by atoms with Crippen LogP contribution in [0.3, 0.4) is 0 Å². The van der Waals surface area contributed by atoms with E-state index < -0.39 is 5.82 Å². The van der Waals surface area contributed by atoms with Crippen molar-refractivity contribution in [3.63, 3.8) is 0 Å². The number of halogens is 1. The monoisotopic (exact) mass is 202 g/mol. The molecule has 0 aliphatic heterocycles. The fourth-order valence-corrected chi connectivity index (χ4v) is 1.10. The third-order valence-electron chi connectivity index (χ3n) is 1.87. The fourth-order valence-electron chi connectivity index (χ4n) is 1.10. The van der Waals surface area contributed by atoms with Crippen molar-refractivity contribution in [1.29, 1.82) is 10.5 Å². The molecule has 0 aliphatic carbocycles. The molecule has 0 fully saturated rings. The standard InChI is InChI=1S/C11H7FN2O/c12-10-4-3-8(6-9(10)7-14)11(15)2-1-5-13/h3-4,6H,1-2H2. The van der Waals surface area contributed by atoms with Crippen LogP contribution in [0, 0.1) is 28.5 Å². The van der Waals surface area contributed by atoms with Gasteiger partial charge in [-0.25, -0.2) is 4.39 Å². The third kappa shape index (κ3) is 2.62. The van der Waals surface area contributed by atoms with E-state index in [-0.39, 0.29) is 29.8 Å². The Labute approximate surface area is 86.4 Å². The van der Waals surface area contributed by atoms with Crippen LogP contribution >= 0.6 is 0 Å². The van der Waals surface area contributed by atoms with Gasteiger partial charge < -0.3 is 0 Å². The van der Waals surface area contributed by atoms with E-state index in [1.54, 1.807) is 6.07 Å². The summed E-state index contributed by atoms with van der Waals surface area (Å²) in [6.07, 6.45) is 0.213. The molecule has 0 spiro atoms. The molecule has 1 aromatic rings. The molecule has 1 rings (SSSR count). The molecule has 0 unspecified atom stereocenters. The van der Waals surface area contributed by atoms with Crippen LogP contribution in [0.2, 0.25) is 0 Å². The number of nitrogens with zero attached hydrogens (tertiary/aromatic N) is 2. The first-order valence-electron chi connectivity index (χ1n) is 4.29. The van der Waals surface area contributed by atoms with Crippen molar-refractivity contribution in [2.45, 2.75) is 12.8 Å². The molecular formula is C11H7FN2O. The van der Waals surface area contributed by atoms with Gasteiger partial charge in [0.15, 0.2) is 5.78 Å². The van der Waals surface area contributed by atoms with E-state index in [0.717, 1.165) is 6.07 Å². The molecule has 15 heavy (non-hydrogen) atoms. The van der Waals surface area contributed by atoms with E-state index in [4.69, 9.17) is 10.5 Å². The molecule has 0 radical (unpaired) electrons. The minimum Gasteiger partial charge on any atom is -0.294 e. The summed E-state index contributed by atoms with van der Waals surface area (Å²) in [5.74, 6) is -0.901. The van der Waals surface area contributed by atoms with E-state index in [0.29, 0.717) is 0 Å². The molecule has 0 saturated carbocycles. The summed E-state index contributed by atoms with van der Waals surface area (Å²) in [6.45, 7) is 0. The summed E-state index contributed by atoms with van der Waals surface area (Å²) < 4.78 is 12.9. The van der Waals surface area contributed by atoms with Crippen LogP contribution in [-0.2, 0) is 0 Å². The van der Waals surface area contributed by atoms with Crippen LogP contribution in [0.5, 0.6) is 0 Å². The summed E-state index contributed by atoms with van der Waals surface area (Å²) in [7, 11) is 0. The number of benzene rings is 1. The van der Waals surface area contributed by atoms with Crippen molar-refractivity contribution in [2.24, 2.45) is 0 Å². The predicted molar refractivity (Wildman–Crippen MR) is 50.3 cm³/mol. The van der Waals surface area contributed by atoms with Crippen molar-refractivity contribution in [3.05, 3.63) is 35.1 Å². The second kappa shape index (κ2) is 4.88. The number of carbonyl (C=O) groups is 1. The van der Waals surface area contributed by atoms with Gasteiger partial charge in [-0.1, -0.05) is 0 Å². The van der Waals surface area contributed by atoms with Gasteiger partial charge in [-0.3, -0.25) is 4.79 Å². The Balaban J connectivity index is 2.93. The Hall–Kier alpha value is -2.20. The average molecular weight is 202 g/mol. The van der Waals surface area contributed by atoms with E-state index >= 15 is 0 Å². The van der Waals surface area contributed by atoms with Gasteiger partial charge >= 0.3 is 0 Å². The highest BCUT2D eigenvalue weighted by Gasteiger charge is 2.08. The minimum atomic E-state index is -0.644. The highest BCUT2D eigenvalue weighted by atomic mass is 19.1. The van der Waals surface area contributed by atoms with Crippen molar-refractivity contribution in [2.75, 3.05) is 0 Å². The third-order valence-corrected chi connectivity index (χ3v) is 1.87. The Bertz CT molecular complexity index is 468. The molecule has 0 atom stereocenters. The number of rotatable bonds is 3. The van der Waals surface area contributed by atoms with Crippen LogP contribution < -0.4 is 0 Å². The Morgan fingerprint density at radius 1 is 1.40 bits per heavy atom. The zero-order valence-electron chi connectivity index (χ0n) is 7.83. The van der Waals surface area contributed by atoms with E-state index in [1.807, 2.05) is 6.07 Å². The molecule has 0 aliphatic rings. The number of hydrogen-bond donors (Lipinski definition) is 0. The van der Waals surface area contributed by atoms with Gasteiger partial charge in [-0.2, -0.15) is 10.5 Å².